The number of piperazine rings is 1. The molecule has 0 unspecified atom stereocenters. The fourth-order valence-corrected chi connectivity index (χ4v) is 3.91. The van der Waals surface area contributed by atoms with Gasteiger partial charge in [0, 0.05) is 38.8 Å². The SMILES string of the molecule is Cc1nc2c3cnn(CCN4CCN(c5ccc(F)cc5F)CC4)c3nc(N)n2n1. The van der Waals surface area contributed by atoms with Gasteiger partial charge >= 0.3 is 0 Å². The first-order valence-electron chi connectivity index (χ1n) is 9.76. The molecule has 0 radical (unpaired) electrons. The molecule has 5 rings (SSSR count). The van der Waals surface area contributed by atoms with Gasteiger partial charge < -0.3 is 10.6 Å². The minimum absolute atomic E-state index is 0.273. The second kappa shape index (κ2) is 7.17. The zero-order valence-electron chi connectivity index (χ0n) is 16.5. The molecular formula is C19H21F2N9. The maximum absolute atomic E-state index is 14.0. The van der Waals surface area contributed by atoms with E-state index in [1.807, 2.05) is 9.58 Å². The zero-order chi connectivity index (χ0) is 20.8. The molecule has 4 heterocycles. The van der Waals surface area contributed by atoms with Gasteiger partial charge in [0.2, 0.25) is 5.95 Å². The Morgan fingerprint density at radius 1 is 1.03 bits per heavy atom. The molecule has 2 N–H and O–H groups in total. The third kappa shape index (κ3) is 3.20. The van der Waals surface area contributed by atoms with E-state index in [0.717, 1.165) is 31.1 Å². The summed E-state index contributed by atoms with van der Waals surface area (Å²) in [6.45, 7) is 6.12. The highest BCUT2D eigenvalue weighted by Crippen LogP contribution is 2.22. The Morgan fingerprint density at radius 3 is 2.60 bits per heavy atom. The Labute approximate surface area is 170 Å². The van der Waals surface area contributed by atoms with Gasteiger partial charge in [0.25, 0.3) is 0 Å². The van der Waals surface area contributed by atoms with E-state index in [4.69, 9.17) is 5.73 Å². The highest BCUT2D eigenvalue weighted by molar-refractivity contribution is 5.89. The van der Waals surface area contributed by atoms with Crippen LogP contribution in [0.1, 0.15) is 5.82 Å². The summed E-state index contributed by atoms with van der Waals surface area (Å²) in [6, 6.07) is 3.72. The van der Waals surface area contributed by atoms with Crippen LogP contribution < -0.4 is 10.6 Å². The Kier molecular flexibility index (Phi) is 4.46. The van der Waals surface area contributed by atoms with Crippen molar-refractivity contribution >= 4 is 28.3 Å². The molecule has 1 aromatic carbocycles. The number of rotatable bonds is 4. The van der Waals surface area contributed by atoms with Crippen molar-refractivity contribution in [1.29, 1.82) is 0 Å². The van der Waals surface area contributed by atoms with E-state index in [1.165, 1.54) is 16.6 Å². The lowest BCUT2D eigenvalue weighted by Crippen LogP contribution is -2.47. The lowest BCUT2D eigenvalue weighted by atomic mass is 10.2. The van der Waals surface area contributed by atoms with Crippen molar-refractivity contribution in [3.8, 4) is 0 Å². The van der Waals surface area contributed by atoms with Gasteiger partial charge in [-0.15, -0.1) is 5.10 Å². The molecular weight excluding hydrogens is 392 g/mol. The maximum Gasteiger partial charge on any atom is 0.225 e. The third-order valence-electron chi connectivity index (χ3n) is 5.45. The summed E-state index contributed by atoms with van der Waals surface area (Å²) in [7, 11) is 0. The van der Waals surface area contributed by atoms with E-state index in [2.05, 4.69) is 25.1 Å². The zero-order valence-corrected chi connectivity index (χ0v) is 16.5. The molecule has 30 heavy (non-hydrogen) atoms. The Morgan fingerprint density at radius 2 is 1.83 bits per heavy atom. The summed E-state index contributed by atoms with van der Waals surface area (Å²) < 4.78 is 30.5. The first-order valence-corrected chi connectivity index (χ1v) is 9.76. The van der Waals surface area contributed by atoms with Gasteiger partial charge in [-0.3, -0.25) is 4.90 Å². The largest absolute Gasteiger partial charge is 0.368 e. The van der Waals surface area contributed by atoms with E-state index < -0.39 is 11.6 Å². The molecule has 0 aliphatic carbocycles. The molecule has 0 atom stereocenters. The number of aromatic nitrogens is 6. The van der Waals surface area contributed by atoms with Crippen LogP contribution in [0.2, 0.25) is 0 Å². The molecule has 0 bridgehead atoms. The van der Waals surface area contributed by atoms with E-state index in [9.17, 15) is 8.78 Å². The van der Waals surface area contributed by atoms with E-state index in [1.54, 1.807) is 13.1 Å². The Hall–Kier alpha value is -3.34. The van der Waals surface area contributed by atoms with Crippen molar-refractivity contribution in [2.24, 2.45) is 0 Å². The van der Waals surface area contributed by atoms with Crippen molar-refractivity contribution in [2.75, 3.05) is 43.4 Å². The molecule has 156 valence electrons. The monoisotopic (exact) mass is 413 g/mol. The van der Waals surface area contributed by atoms with Gasteiger partial charge in [-0.05, 0) is 19.1 Å². The standard InChI is InChI=1S/C19H21F2N9/c1-12-24-18-14-11-23-29(17(14)25-19(22)30(18)26-12)9-6-27-4-7-28(8-5-27)16-3-2-13(20)10-15(16)21/h2-3,10-11H,4-9H2,1H3,(H2,22,25). The topological polar surface area (TPSA) is 93.4 Å². The summed E-state index contributed by atoms with van der Waals surface area (Å²) >= 11 is 0. The van der Waals surface area contributed by atoms with Crippen molar-refractivity contribution in [3.05, 3.63) is 41.9 Å². The number of aryl methyl sites for hydroxylation is 1. The number of benzene rings is 1. The summed E-state index contributed by atoms with van der Waals surface area (Å²) in [5.74, 6) is -0.187. The van der Waals surface area contributed by atoms with Crippen molar-refractivity contribution in [3.63, 3.8) is 0 Å². The van der Waals surface area contributed by atoms with Crippen LogP contribution in [0.25, 0.3) is 16.7 Å². The van der Waals surface area contributed by atoms with Crippen molar-refractivity contribution in [2.45, 2.75) is 13.5 Å². The van der Waals surface area contributed by atoms with Gasteiger partial charge in [0.15, 0.2) is 11.3 Å². The van der Waals surface area contributed by atoms with Gasteiger partial charge in [-0.1, -0.05) is 0 Å². The van der Waals surface area contributed by atoms with Gasteiger partial charge in [0.05, 0.1) is 23.8 Å². The normalized spacial score (nSPS) is 15.5. The number of anilines is 2. The fourth-order valence-electron chi connectivity index (χ4n) is 3.91. The van der Waals surface area contributed by atoms with Gasteiger partial charge in [-0.2, -0.15) is 14.6 Å². The van der Waals surface area contributed by atoms with Crippen LogP contribution in [0.5, 0.6) is 0 Å². The minimum atomic E-state index is -0.561. The van der Waals surface area contributed by atoms with Crippen LogP contribution in [0.4, 0.5) is 20.4 Å². The summed E-state index contributed by atoms with van der Waals surface area (Å²) in [6.07, 6.45) is 1.74. The fraction of sp³-hybridized carbons (Fsp3) is 0.368. The minimum Gasteiger partial charge on any atom is -0.368 e. The van der Waals surface area contributed by atoms with Crippen LogP contribution in [0.15, 0.2) is 24.4 Å². The van der Waals surface area contributed by atoms with E-state index >= 15 is 0 Å². The predicted molar refractivity (Wildman–Crippen MR) is 108 cm³/mol. The molecule has 4 aromatic rings. The van der Waals surface area contributed by atoms with Gasteiger partial charge in [0.1, 0.15) is 17.5 Å². The lowest BCUT2D eigenvalue weighted by Gasteiger charge is -2.36. The molecule has 3 aromatic heterocycles. The molecule has 0 spiro atoms. The molecule has 1 aliphatic heterocycles. The third-order valence-corrected chi connectivity index (χ3v) is 5.45. The molecule has 1 fully saturated rings. The smallest absolute Gasteiger partial charge is 0.225 e. The second-order valence-electron chi connectivity index (χ2n) is 7.39. The van der Waals surface area contributed by atoms with Crippen molar-refractivity contribution in [1.82, 2.24) is 34.3 Å². The van der Waals surface area contributed by atoms with Crippen LogP contribution in [-0.4, -0.2) is 67.0 Å². The first kappa shape index (κ1) is 18.7. The van der Waals surface area contributed by atoms with Gasteiger partial charge in [-0.25, -0.2) is 18.4 Å². The van der Waals surface area contributed by atoms with Crippen LogP contribution in [-0.2, 0) is 6.54 Å². The maximum atomic E-state index is 14.0. The second-order valence-corrected chi connectivity index (χ2v) is 7.39. The number of halogens is 2. The predicted octanol–water partition coefficient (Wildman–Crippen LogP) is 1.47. The number of fused-ring (bicyclic) bond motifs is 3. The lowest BCUT2D eigenvalue weighted by molar-refractivity contribution is 0.245. The van der Waals surface area contributed by atoms with Crippen molar-refractivity contribution < 1.29 is 8.78 Å². The summed E-state index contributed by atoms with van der Waals surface area (Å²) in [4.78, 5) is 13.1. The number of hydrogen-bond donors (Lipinski definition) is 1. The number of nitrogens with zero attached hydrogens (tertiary/aromatic N) is 8. The number of nitrogen functional groups attached to an aromatic ring is 1. The molecule has 0 amide bonds. The average Bonchev–Trinajstić information content (AvgIpc) is 3.30. The molecule has 1 saturated heterocycles. The highest BCUT2D eigenvalue weighted by atomic mass is 19.1. The first-order chi connectivity index (χ1) is 14.5. The Bertz CT molecular complexity index is 1220. The quantitative estimate of drug-likeness (QED) is 0.541. The molecule has 9 nitrogen and oxygen atoms in total. The molecule has 1 aliphatic rings. The summed E-state index contributed by atoms with van der Waals surface area (Å²) in [5, 5.41) is 9.52. The highest BCUT2D eigenvalue weighted by Gasteiger charge is 2.20. The molecule has 0 saturated carbocycles. The van der Waals surface area contributed by atoms with E-state index in [0.29, 0.717) is 42.4 Å². The van der Waals surface area contributed by atoms with Crippen LogP contribution >= 0.6 is 0 Å². The van der Waals surface area contributed by atoms with Crippen LogP contribution in [0.3, 0.4) is 0 Å². The van der Waals surface area contributed by atoms with E-state index in [-0.39, 0.29) is 5.95 Å². The summed E-state index contributed by atoms with van der Waals surface area (Å²) in [5.41, 5.74) is 7.81. The average molecular weight is 413 g/mol. The molecule has 11 heteroatoms. The van der Waals surface area contributed by atoms with Crippen LogP contribution in [0, 0.1) is 18.6 Å². The number of nitrogens with two attached hydrogens (primary N) is 1. The number of hydrogen-bond acceptors (Lipinski definition) is 7. The Balaban J connectivity index is 1.27.